The molecule has 2 aromatic rings. The van der Waals surface area contributed by atoms with Gasteiger partial charge in [0.05, 0.1) is 17.3 Å². The second kappa shape index (κ2) is 9.49. The standard InChI is InChI=1S/C18H21F2NO4S/c1-2-24-17-12-14(8-9-16(17)25-18(19)20)13-21-10-11-26(22,23)15-6-4-3-5-7-15/h3-9,12,18,21H,2,10-11,13H2,1H3. The number of ether oxygens (including phenoxy) is 2. The number of halogens is 2. The highest BCUT2D eigenvalue weighted by Crippen LogP contribution is 2.29. The van der Waals surface area contributed by atoms with Gasteiger partial charge in [-0.3, -0.25) is 0 Å². The predicted molar refractivity (Wildman–Crippen MR) is 94.4 cm³/mol. The summed E-state index contributed by atoms with van der Waals surface area (Å²) in [6, 6.07) is 12.9. The minimum atomic E-state index is -3.34. The van der Waals surface area contributed by atoms with Crippen LogP contribution in [0.5, 0.6) is 11.5 Å². The van der Waals surface area contributed by atoms with Gasteiger partial charge >= 0.3 is 6.61 Å². The minimum absolute atomic E-state index is 0.0303. The largest absolute Gasteiger partial charge is 0.490 e. The maximum Gasteiger partial charge on any atom is 0.387 e. The zero-order valence-corrected chi connectivity index (χ0v) is 15.1. The van der Waals surface area contributed by atoms with E-state index in [1.165, 1.54) is 6.07 Å². The van der Waals surface area contributed by atoms with Crippen LogP contribution in [0.15, 0.2) is 53.4 Å². The van der Waals surface area contributed by atoms with E-state index in [0.717, 1.165) is 5.56 Å². The van der Waals surface area contributed by atoms with Crippen molar-refractivity contribution in [2.24, 2.45) is 0 Å². The number of rotatable bonds is 10. The molecule has 8 heteroatoms. The van der Waals surface area contributed by atoms with Crippen molar-refractivity contribution >= 4 is 9.84 Å². The van der Waals surface area contributed by atoms with E-state index < -0.39 is 16.4 Å². The van der Waals surface area contributed by atoms with Gasteiger partial charge in [-0.15, -0.1) is 0 Å². The van der Waals surface area contributed by atoms with Crippen LogP contribution in [0.25, 0.3) is 0 Å². The summed E-state index contributed by atoms with van der Waals surface area (Å²) in [7, 11) is -3.34. The van der Waals surface area contributed by atoms with Crippen LogP contribution in [0.4, 0.5) is 8.78 Å². The lowest BCUT2D eigenvalue weighted by Crippen LogP contribution is -2.22. The van der Waals surface area contributed by atoms with Gasteiger partial charge in [-0.05, 0) is 36.8 Å². The summed E-state index contributed by atoms with van der Waals surface area (Å²) in [5.74, 6) is 0.156. The van der Waals surface area contributed by atoms with Crippen LogP contribution in [0.2, 0.25) is 0 Å². The van der Waals surface area contributed by atoms with Crippen molar-refractivity contribution in [1.29, 1.82) is 0 Å². The fraction of sp³-hybridized carbons (Fsp3) is 0.333. The molecule has 0 unspecified atom stereocenters. The van der Waals surface area contributed by atoms with E-state index >= 15 is 0 Å². The van der Waals surface area contributed by atoms with Crippen LogP contribution in [0, 0.1) is 0 Å². The third-order valence-corrected chi connectivity index (χ3v) is 5.24. The van der Waals surface area contributed by atoms with Crippen molar-refractivity contribution in [3.63, 3.8) is 0 Å². The first-order valence-electron chi connectivity index (χ1n) is 8.11. The van der Waals surface area contributed by atoms with Gasteiger partial charge in [0.2, 0.25) is 0 Å². The number of nitrogens with one attached hydrogen (secondary N) is 1. The Morgan fingerprint density at radius 1 is 1.08 bits per heavy atom. The Morgan fingerprint density at radius 3 is 2.46 bits per heavy atom. The molecule has 0 saturated carbocycles. The highest BCUT2D eigenvalue weighted by molar-refractivity contribution is 7.91. The molecule has 5 nitrogen and oxygen atoms in total. The van der Waals surface area contributed by atoms with Gasteiger partial charge in [-0.2, -0.15) is 8.78 Å². The van der Waals surface area contributed by atoms with Gasteiger partial charge in [0.1, 0.15) is 0 Å². The molecular formula is C18H21F2NO4S. The first kappa shape index (κ1) is 20.1. The summed E-state index contributed by atoms with van der Waals surface area (Å²) in [6.45, 7) is -0.242. The normalized spacial score (nSPS) is 11.5. The molecule has 0 saturated heterocycles. The molecule has 0 bridgehead atoms. The molecule has 0 aliphatic carbocycles. The molecule has 0 fully saturated rings. The van der Waals surface area contributed by atoms with Gasteiger partial charge in [0.25, 0.3) is 0 Å². The summed E-state index contributed by atoms with van der Waals surface area (Å²) in [4.78, 5) is 0.286. The topological polar surface area (TPSA) is 64.6 Å². The smallest absolute Gasteiger partial charge is 0.387 e. The van der Waals surface area contributed by atoms with Gasteiger partial charge < -0.3 is 14.8 Å². The lowest BCUT2D eigenvalue weighted by atomic mass is 10.2. The Hall–Kier alpha value is -2.19. The average Bonchev–Trinajstić information content (AvgIpc) is 2.61. The molecule has 0 spiro atoms. The minimum Gasteiger partial charge on any atom is -0.490 e. The quantitative estimate of drug-likeness (QED) is 0.636. The number of benzene rings is 2. The van der Waals surface area contributed by atoms with Crippen LogP contribution in [0.3, 0.4) is 0 Å². The van der Waals surface area contributed by atoms with Crippen molar-refractivity contribution in [2.75, 3.05) is 18.9 Å². The lowest BCUT2D eigenvalue weighted by Gasteiger charge is -2.13. The van der Waals surface area contributed by atoms with E-state index in [1.54, 1.807) is 49.4 Å². The zero-order chi connectivity index (χ0) is 19.0. The predicted octanol–water partition coefficient (Wildman–Crippen LogP) is 3.25. The van der Waals surface area contributed by atoms with E-state index in [4.69, 9.17) is 4.74 Å². The van der Waals surface area contributed by atoms with Crippen LogP contribution < -0.4 is 14.8 Å². The van der Waals surface area contributed by atoms with E-state index in [9.17, 15) is 17.2 Å². The molecule has 26 heavy (non-hydrogen) atoms. The Morgan fingerprint density at radius 2 is 1.81 bits per heavy atom. The van der Waals surface area contributed by atoms with Gasteiger partial charge in [0.15, 0.2) is 21.3 Å². The molecule has 2 aromatic carbocycles. The van der Waals surface area contributed by atoms with E-state index in [-0.39, 0.29) is 28.7 Å². The Balaban J connectivity index is 1.92. The number of alkyl halides is 2. The molecule has 0 amide bonds. The molecule has 1 N–H and O–H groups in total. The van der Waals surface area contributed by atoms with Gasteiger partial charge in [-0.25, -0.2) is 8.42 Å². The van der Waals surface area contributed by atoms with Crippen LogP contribution in [0.1, 0.15) is 12.5 Å². The number of sulfone groups is 1. The molecular weight excluding hydrogens is 364 g/mol. The van der Waals surface area contributed by atoms with Crippen LogP contribution >= 0.6 is 0 Å². The maximum absolute atomic E-state index is 12.4. The third-order valence-electron chi connectivity index (χ3n) is 3.50. The molecule has 142 valence electrons. The molecule has 0 aromatic heterocycles. The third kappa shape index (κ3) is 5.96. The molecule has 0 atom stereocenters. The van der Waals surface area contributed by atoms with E-state index in [0.29, 0.717) is 13.2 Å². The lowest BCUT2D eigenvalue weighted by molar-refractivity contribution is -0.0514. The first-order valence-corrected chi connectivity index (χ1v) is 9.76. The highest BCUT2D eigenvalue weighted by atomic mass is 32.2. The summed E-state index contributed by atoms with van der Waals surface area (Å²) < 4.78 is 58.9. The maximum atomic E-state index is 12.4. The van der Waals surface area contributed by atoms with Crippen molar-refractivity contribution in [1.82, 2.24) is 5.32 Å². The Bertz CT molecular complexity index is 798. The van der Waals surface area contributed by atoms with Crippen molar-refractivity contribution in [3.8, 4) is 11.5 Å². The summed E-state index contributed by atoms with van der Waals surface area (Å²) in [6.07, 6.45) is 0. The average molecular weight is 385 g/mol. The fourth-order valence-electron chi connectivity index (χ4n) is 2.31. The molecule has 0 heterocycles. The zero-order valence-electron chi connectivity index (χ0n) is 14.3. The first-order chi connectivity index (χ1) is 12.4. The summed E-state index contributed by atoms with van der Waals surface area (Å²) in [5, 5.41) is 3.03. The highest BCUT2D eigenvalue weighted by Gasteiger charge is 2.14. The monoisotopic (exact) mass is 385 g/mol. The second-order valence-electron chi connectivity index (χ2n) is 5.40. The molecule has 0 radical (unpaired) electrons. The fourth-order valence-corrected chi connectivity index (χ4v) is 3.53. The SMILES string of the molecule is CCOc1cc(CNCCS(=O)(=O)c2ccccc2)ccc1OC(F)F. The Kier molecular flexibility index (Phi) is 7.35. The molecule has 0 aliphatic heterocycles. The Labute approximate surface area is 151 Å². The van der Waals surface area contributed by atoms with Crippen molar-refractivity contribution in [2.45, 2.75) is 25.0 Å². The van der Waals surface area contributed by atoms with Gasteiger partial charge in [-0.1, -0.05) is 24.3 Å². The van der Waals surface area contributed by atoms with Crippen LogP contribution in [-0.4, -0.2) is 33.9 Å². The van der Waals surface area contributed by atoms with E-state index in [1.807, 2.05) is 0 Å². The van der Waals surface area contributed by atoms with Crippen molar-refractivity contribution in [3.05, 3.63) is 54.1 Å². The molecule has 0 aliphatic rings. The van der Waals surface area contributed by atoms with E-state index in [2.05, 4.69) is 10.1 Å². The second-order valence-corrected chi connectivity index (χ2v) is 7.51. The summed E-state index contributed by atoms with van der Waals surface area (Å²) >= 11 is 0. The van der Waals surface area contributed by atoms with Crippen LogP contribution in [-0.2, 0) is 16.4 Å². The number of hydrogen-bond donors (Lipinski definition) is 1. The number of hydrogen-bond acceptors (Lipinski definition) is 5. The van der Waals surface area contributed by atoms with Gasteiger partial charge in [0, 0.05) is 13.1 Å². The molecule has 2 rings (SSSR count). The van der Waals surface area contributed by atoms with Crippen molar-refractivity contribution < 1.29 is 26.7 Å². The summed E-state index contributed by atoms with van der Waals surface area (Å²) in [5.41, 5.74) is 0.771.